The average molecular weight is 274 g/mol. The van der Waals surface area contributed by atoms with Gasteiger partial charge in [-0.1, -0.05) is 6.07 Å². The number of nitriles is 1. The number of nitro benzene ring substituents is 1. The molecule has 0 spiro atoms. The molecule has 0 aliphatic carbocycles. The van der Waals surface area contributed by atoms with Crippen molar-refractivity contribution in [3.8, 4) is 11.8 Å². The van der Waals surface area contributed by atoms with E-state index in [0.29, 0.717) is 5.56 Å². The van der Waals surface area contributed by atoms with E-state index in [1.807, 2.05) is 0 Å². The Kier molecular flexibility index (Phi) is 4.32. The molecule has 0 fully saturated rings. The average Bonchev–Trinajstić information content (AvgIpc) is 2.29. The van der Waals surface area contributed by atoms with Gasteiger partial charge in [-0.25, -0.2) is 0 Å². The quantitative estimate of drug-likeness (QED) is 0.624. The maximum atomic E-state index is 12.3. The van der Waals surface area contributed by atoms with E-state index in [2.05, 4.69) is 0 Å². The molecule has 1 unspecified atom stereocenters. The summed E-state index contributed by atoms with van der Waals surface area (Å²) in [5.74, 6) is -2.62. The number of benzene rings is 1. The number of hydrogen-bond acceptors (Lipinski definition) is 4. The number of aryl methyl sites for hydroxylation is 1. The molecule has 0 bridgehead atoms. The molecule has 1 atom stereocenters. The fourth-order valence-corrected chi connectivity index (χ4v) is 1.27. The summed E-state index contributed by atoms with van der Waals surface area (Å²) >= 11 is 0. The number of halogens is 3. The zero-order chi connectivity index (χ0) is 14.6. The minimum atomic E-state index is -4.73. The molecule has 0 N–H and O–H groups in total. The zero-order valence-electron chi connectivity index (χ0n) is 9.77. The fourth-order valence-electron chi connectivity index (χ4n) is 1.27. The molecule has 0 aromatic heterocycles. The summed E-state index contributed by atoms with van der Waals surface area (Å²) in [5.41, 5.74) is 0.144. The number of alkyl halides is 3. The van der Waals surface area contributed by atoms with Crippen LogP contribution in [-0.2, 0) is 0 Å². The molecule has 0 saturated heterocycles. The van der Waals surface area contributed by atoms with Gasteiger partial charge < -0.3 is 4.74 Å². The second-order valence-corrected chi connectivity index (χ2v) is 3.76. The Morgan fingerprint density at radius 3 is 2.63 bits per heavy atom. The smallest absolute Gasteiger partial charge is 0.407 e. The Balaban J connectivity index is 2.90. The highest BCUT2D eigenvalue weighted by Crippen LogP contribution is 2.30. The summed E-state index contributed by atoms with van der Waals surface area (Å²) in [4.78, 5) is 9.97. The van der Waals surface area contributed by atoms with E-state index in [9.17, 15) is 23.3 Å². The lowest BCUT2D eigenvalue weighted by Gasteiger charge is -2.14. The molecule has 0 aliphatic heterocycles. The van der Waals surface area contributed by atoms with Crippen LogP contribution in [-0.4, -0.2) is 17.7 Å². The molecule has 0 amide bonds. The highest BCUT2D eigenvalue weighted by atomic mass is 19.4. The number of nitro groups is 1. The van der Waals surface area contributed by atoms with Crippen LogP contribution in [0.4, 0.5) is 18.9 Å². The van der Waals surface area contributed by atoms with Crippen molar-refractivity contribution in [2.24, 2.45) is 5.92 Å². The van der Waals surface area contributed by atoms with Crippen molar-refractivity contribution in [3.05, 3.63) is 33.9 Å². The first-order chi connectivity index (χ1) is 8.75. The standard InChI is InChI=1S/C11H9F3N2O3/c1-7-2-3-10(9(4-7)16(17)18)19-6-8(5-15)11(12,13)14/h2-4,8H,6H2,1H3. The first-order valence-corrected chi connectivity index (χ1v) is 5.10. The van der Waals surface area contributed by atoms with E-state index in [1.165, 1.54) is 18.2 Å². The van der Waals surface area contributed by atoms with Crippen LogP contribution in [0.25, 0.3) is 0 Å². The molecular weight excluding hydrogens is 265 g/mol. The molecule has 19 heavy (non-hydrogen) atoms. The van der Waals surface area contributed by atoms with E-state index < -0.39 is 29.3 Å². The van der Waals surface area contributed by atoms with Crippen LogP contribution in [0.15, 0.2) is 18.2 Å². The lowest BCUT2D eigenvalue weighted by atomic mass is 10.2. The Morgan fingerprint density at radius 1 is 1.53 bits per heavy atom. The Hall–Kier alpha value is -2.30. The van der Waals surface area contributed by atoms with Gasteiger partial charge in [0.15, 0.2) is 11.7 Å². The number of rotatable bonds is 4. The molecule has 1 aromatic carbocycles. The topological polar surface area (TPSA) is 76.2 Å². The van der Waals surface area contributed by atoms with Crippen molar-refractivity contribution >= 4 is 5.69 Å². The summed E-state index contributed by atoms with van der Waals surface area (Å²) in [6.45, 7) is 0.620. The highest BCUT2D eigenvalue weighted by Gasteiger charge is 2.40. The van der Waals surface area contributed by atoms with Crippen LogP contribution >= 0.6 is 0 Å². The van der Waals surface area contributed by atoms with Gasteiger partial charge in [0.1, 0.15) is 6.61 Å². The molecule has 0 heterocycles. The summed E-state index contributed by atoms with van der Waals surface area (Å²) in [7, 11) is 0. The monoisotopic (exact) mass is 274 g/mol. The predicted octanol–water partition coefficient (Wildman–Crippen LogP) is 2.98. The van der Waals surface area contributed by atoms with Crippen LogP contribution in [0.2, 0.25) is 0 Å². The van der Waals surface area contributed by atoms with Crippen LogP contribution in [0, 0.1) is 34.3 Å². The SMILES string of the molecule is Cc1ccc(OCC(C#N)C(F)(F)F)c([N+](=O)[O-])c1. The summed E-state index contributed by atoms with van der Waals surface area (Å²) in [6, 6.07) is 4.91. The van der Waals surface area contributed by atoms with Gasteiger partial charge in [0.25, 0.3) is 0 Å². The number of hydrogen-bond donors (Lipinski definition) is 0. The molecule has 8 heteroatoms. The van der Waals surface area contributed by atoms with Gasteiger partial charge in [0, 0.05) is 6.07 Å². The zero-order valence-corrected chi connectivity index (χ0v) is 9.77. The maximum Gasteiger partial charge on any atom is 0.407 e. The molecule has 0 radical (unpaired) electrons. The Morgan fingerprint density at radius 2 is 2.16 bits per heavy atom. The summed E-state index contributed by atoms with van der Waals surface area (Å²) in [5, 5.41) is 19.1. The lowest BCUT2D eigenvalue weighted by Crippen LogP contribution is -2.27. The van der Waals surface area contributed by atoms with Crippen molar-refractivity contribution in [2.75, 3.05) is 6.61 Å². The molecule has 5 nitrogen and oxygen atoms in total. The Labute approximate surface area is 106 Å². The van der Waals surface area contributed by atoms with Gasteiger partial charge in [0.2, 0.25) is 0 Å². The molecule has 102 valence electrons. The van der Waals surface area contributed by atoms with Crippen LogP contribution < -0.4 is 4.74 Å². The van der Waals surface area contributed by atoms with Crippen molar-refractivity contribution < 1.29 is 22.8 Å². The number of ether oxygens (including phenoxy) is 1. The maximum absolute atomic E-state index is 12.3. The molecule has 0 saturated carbocycles. The van der Waals surface area contributed by atoms with Crippen LogP contribution in [0.5, 0.6) is 5.75 Å². The third-order valence-electron chi connectivity index (χ3n) is 2.27. The van der Waals surface area contributed by atoms with Crippen molar-refractivity contribution in [2.45, 2.75) is 13.1 Å². The fraction of sp³-hybridized carbons (Fsp3) is 0.364. The first kappa shape index (κ1) is 14.8. The summed E-state index contributed by atoms with van der Waals surface area (Å²) in [6.07, 6.45) is -4.73. The molecule has 1 aromatic rings. The van der Waals surface area contributed by atoms with Gasteiger partial charge in [-0.15, -0.1) is 0 Å². The normalized spacial score (nSPS) is 12.6. The number of nitrogens with zero attached hydrogens (tertiary/aromatic N) is 2. The Bertz CT molecular complexity index is 523. The van der Waals surface area contributed by atoms with Crippen molar-refractivity contribution in [1.29, 1.82) is 5.26 Å². The van der Waals surface area contributed by atoms with Gasteiger partial charge in [-0.05, 0) is 18.6 Å². The van der Waals surface area contributed by atoms with Crippen molar-refractivity contribution in [1.82, 2.24) is 0 Å². The third kappa shape index (κ3) is 3.84. The van der Waals surface area contributed by atoms with E-state index >= 15 is 0 Å². The minimum Gasteiger partial charge on any atom is -0.485 e. The minimum absolute atomic E-state index is 0.292. The van der Waals surface area contributed by atoms with E-state index in [-0.39, 0.29) is 5.75 Å². The van der Waals surface area contributed by atoms with E-state index in [4.69, 9.17) is 10.00 Å². The largest absolute Gasteiger partial charge is 0.485 e. The predicted molar refractivity (Wildman–Crippen MR) is 58.5 cm³/mol. The molecule has 0 aliphatic rings. The summed E-state index contributed by atoms with van der Waals surface area (Å²) < 4.78 is 41.7. The van der Waals surface area contributed by atoms with Gasteiger partial charge in [-0.2, -0.15) is 18.4 Å². The second kappa shape index (κ2) is 5.56. The molecule has 1 rings (SSSR count). The van der Waals surface area contributed by atoms with Gasteiger partial charge in [0.05, 0.1) is 11.0 Å². The third-order valence-corrected chi connectivity index (χ3v) is 2.27. The highest BCUT2D eigenvalue weighted by molar-refractivity contribution is 5.48. The van der Waals surface area contributed by atoms with E-state index in [0.717, 1.165) is 6.07 Å². The lowest BCUT2D eigenvalue weighted by molar-refractivity contribution is -0.386. The van der Waals surface area contributed by atoms with Crippen LogP contribution in [0.3, 0.4) is 0 Å². The van der Waals surface area contributed by atoms with Crippen molar-refractivity contribution in [3.63, 3.8) is 0 Å². The van der Waals surface area contributed by atoms with Crippen LogP contribution in [0.1, 0.15) is 5.56 Å². The van der Waals surface area contributed by atoms with E-state index in [1.54, 1.807) is 6.92 Å². The molecular formula is C11H9F3N2O3. The van der Waals surface area contributed by atoms with Gasteiger partial charge >= 0.3 is 11.9 Å². The van der Waals surface area contributed by atoms with Gasteiger partial charge in [-0.3, -0.25) is 10.1 Å². The first-order valence-electron chi connectivity index (χ1n) is 5.10. The second-order valence-electron chi connectivity index (χ2n) is 3.76.